The zero-order chi connectivity index (χ0) is 15.2. The zero-order valence-corrected chi connectivity index (χ0v) is 13.4. The fourth-order valence-corrected chi connectivity index (χ4v) is 3.01. The number of hydrogen-bond acceptors (Lipinski definition) is 3. The molecule has 0 spiro atoms. The number of amides is 1. The molecule has 1 aliphatic rings. The Morgan fingerprint density at radius 1 is 1.33 bits per heavy atom. The van der Waals surface area contributed by atoms with Crippen LogP contribution in [0.25, 0.3) is 0 Å². The smallest absolute Gasteiger partial charge is 0.251 e. The molecule has 1 saturated carbocycles. The van der Waals surface area contributed by atoms with Crippen LogP contribution in [0.5, 0.6) is 0 Å². The minimum atomic E-state index is 0.0324. The number of carbonyl (C=O) groups excluding carboxylic acids is 1. The molecule has 1 fully saturated rings. The molecule has 1 aromatic rings. The third-order valence-electron chi connectivity index (χ3n) is 4.33. The number of anilines is 1. The second-order valence-corrected chi connectivity index (χ2v) is 6.07. The van der Waals surface area contributed by atoms with Gasteiger partial charge >= 0.3 is 0 Å². The van der Waals surface area contributed by atoms with E-state index in [9.17, 15) is 4.79 Å². The molecule has 1 aliphatic carbocycles. The topological polar surface area (TPSA) is 54.0 Å². The first-order chi connectivity index (χ1) is 10.1. The Kier molecular flexibility index (Phi) is 5.59. The van der Waals surface area contributed by atoms with E-state index in [4.69, 9.17) is 0 Å². The van der Waals surface area contributed by atoms with E-state index in [-0.39, 0.29) is 5.91 Å². The van der Waals surface area contributed by atoms with Gasteiger partial charge in [-0.2, -0.15) is 0 Å². The summed E-state index contributed by atoms with van der Waals surface area (Å²) in [7, 11) is 1.84. The Morgan fingerprint density at radius 3 is 2.76 bits per heavy atom. The summed E-state index contributed by atoms with van der Waals surface area (Å²) in [6.07, 6.45) is 6.74. The van der Waals surface area contributed by atoms with Gasteiger partial charge < -0.3 is 10.6 Å². The van der Waals surface area contributed by atoms with E-state index in [2.05, 4.69) is 29.5 Å². The van der Waals surface area contributed by atoms with Crippen LogP contribution in [-0.2, 0) is 6.42 Å². The summed E-state index contributed by atoms with van der Waals surface area (Å²) >= 11 is 0. The van der Waals surface area contributed by atoms with Crippen LogP contribution >= 0.6 is 0 Å². The quantitative estimate of drug-likeness (QED) is 0.873. The van der Waals surface area contributed by atoms with Gasteiger partial charge in [-0.25, -0.2) is 4.98 Å². The minimum Gasteiger partial charge on any atom is -0.373 e. The molecule has 1 amide bonds. The third kappa shape index (κ3) is 4.19. The van der Waals surface area contributed by atoms with Crippen molar-refractivity contribution < 1.29 is 4.79 Å². The van der Waals surface area contributed by atoms with Crippen LogP contribution in [0.2, 0.25) is 0 Å². The Balaban J connectivity index is 2.11. The highest BCUT2D eigenvalue weighted by molar-refractivity contribution is 5.95. The van der Waals surface area contributed by atoms with E-state index in [0.29, 0.717) is 12.0 Å². The lowest BCUT2D eigenvalue weighted by molar-refractivity contribution is 0.0910. The van der Waals surface area contributed by atoms with Crippen molar-refractivity contribution in [2.24, 2.45) is 5.92 Å². The van der Waals surface area contributed by atoms with Gasteiger partial charge in [-0.1, -0.05) is 33.1 Å². The lowest BCUT2D eigenvalue weighted by Crippen LogP contribution is -2.41. The van der Waals surface area contributed by atoms with Crippen LogP contribution in [0.4, 0.5) is 5.82 Å². The van der Waals surface area contributed by atoms with Crippen LogP contribution in [0, 0.1) is 5.92 Å². The van der Waals surface area contributed by atoms with Gasteiger partial charge in [0, 0.05) is 24.3 Å². The Hall–Kier alpha value is -1.58. The summed E-state index contributed by atoms with van der Waals surface area (Å²) in [5.41, 5.74) is 1.70. The van der Waals surface area contributed by atoms with Crippen LogP contribution in [0.1, 0.15) is 62.0 Å². The second kappa shape index (κ2) is 7.43. The molecular formula is C17H27N3O. The predicted molar refractivity (Wildman–Crippen MR) is 86.7 cm³/mol. The van der Waals surface area contributed by atoms with Crippen LogP contribution < -0.4 is 10.6 Å². The number of rotatable bonds is 5. The molecule has 2 unspecified atom stereocenters. The van der Waals surface area contributed by atoms with Gasteiger partial charge in [0.15, 0.2) is 0 Å². The van der Waals surface area contributed by atoms with Gasteiger partial charge in [0.05, 0.1) is 0 Å². The lowest BCUT2D eigenvalue weighted by atomic mass is 9.86. The maximum absolute atomic E-state index is 12.5. The van der Waals surface area contributed by atoms with Gasteiger partial charge in [0.2, 0.25) is 0 Å². The molecule has 2 atom stereocenters. The van der Waals surface area contributed by atoms with E-state index >= 15 is 0 Å². The maximum Gasteiger partial charge on any atom is 0.251 e. The first-order valence-corrected chi connectivity index (χ1v) is 8.13. The number of nitrogens with one attached hydrogen (secondary N) is 2. The van der Waals surface area contributed by atoms with Crippen molar-refractivity contribution in [1.82, 2.24) is 10.3 Å². The van der Waals surface area contributed by atoms with Gasteiger partial charge in [-0.05, 0) is 37.3 Å². The highest BCUT2D eigenvalue weighted by Gasteiger charge is 2.23. The number of hydrogen-bond donors (Lipinski definition) is 2. The van der Waals surface area contributed by atoms with Gasteiger partial charge in [-0.3, -0.25) is 4.79 Å². The fraction of sp³-hybridized carbons (Fsp3) is 0.647. The molecular weight excluding hydrogens is 262 g/mol. The average Bonchev–Trinajstić information content (AvgIpc) is 2.49. The summed E-state index contributed by atoms with van der Waals surface area (Å²) in [5.74, 6) is 1.37. The average molecular weight is 289 g/mol. The molecule has 1 heterocycles. The van der Waals surface area contributed by atoms with Crippen molar-refractivity contribution in [3.8, 4) is 0 Å². The molecule has 116 valence electrons. The van der Waals surface area contributed by atoms with E-state index in [1.54, 1.807) is 0 Å². The number of aromatic nitrogens is 1. The van der Waals surface area contributed by atoms with Gasteiger partial charge in [0.25, 0.3) is 5.91 Å². The van der Waals surface area contributed by atoms with Crippen LogP contribution in [0.15, 0.2) is 12.1 Å². The molecule has 21 heavy (non-hydrogen) atoms. The lowest BCUT2D eigenvalue weighted by Gasteiger charge is -2.29. The van der Waals surface area contributed by atoms with Gasteiger partial charge in [-0.15, -0.1) is 0 Å². The zero-order valence-electron chi connectivity index (χ0n) is 13.4. The second-order valence-electron chi connectivity index (χ2n) is 6.07. The van der Waals surface area contributed by atoms with Crippen LogP contribution in [0.3, 0.4) is 0 Å². The monoisotopic (exact) mass is 289 g/mol. The van der Waals surface area contributed by atoms with E-state index in [1.807, 2.05) is 19.2 Å². The molecule has 0 bridgehead atoms. The van der Waals surface area contributed by atoms with Crippen molar-refractivity contribution in [2.45, 2.75) is 58.4 Å². The van der Waals surface area contributed by atoms with Crippen molar-refractivity contribution >= 4 is 11.7 Å². The van der Waals surface area contributed by atoms with Crippen molar-refractivity contribution in [3.63, 3.8) is 0 Å². The summed E-state index contributed by atoms with van der Waals surface area (Å²) in [5, 5.41) is 6.25. The predicted octanol–water partition coefficient (Wildman–Crippen LogP) is 3.38. The maximum atomic E-state index is 12.5. The Morgan fingerprint density at radius 2 is 2.10 bits per heavy atom. The molecule has 1 aromatic heterocycles. The first kappa shape index (κ1) is 15.8. The largest absolute Gasteiger partial charge is 0.373 e. The van der Waals surface area contributed by atoms with E-state index < -0.39 is 0 Å². The molecule has 4 nitrogen and oxygen atoms in total. The van der Waals surface area contributed by atoms with E-state index in [1.165, 1.54) is 19.3 Å². The Bertz CT molecular complexity index is 487. The minimum absolute atomic E-state index is 0.0324. The molecule has 2 N–H and O–H groups in total. The van der Waals surface area contributed by atoms with E-state index in [0.717, 1.165) is 36.3 Å². The third-order valence-corrected chi connectivity index (χ3v) is 4.33. The van der Waals surface area contributed by atoms with Crippen molar-refractivity contribution in [1.29, 1.82) is 0 Å². The molecule has 4 heteroatoms. The molecule has 2 rings (SSSR count). The van der Waals surface area contributed by atoms with Crippen molar-refractivity contribution in [3.05, 3.63) is 23.4 Å². The summed E-state index contributed by atoms with van der Waals surface area (Å²) in [6, 6.07) is 4.07. The summed E-state index contributed by atoms with van der Waals surface area (Å²) < 4.78 is 0. The highest BCUT2D eigenvalue weighted by Crippen LogP contribution is 2.24. The van der Waals surface area contributed by atoms with Crippen molar-refractivity contribution in [2.75, 3.05) is 12.4 Å². The molecule has 0 aliphatic heterocycles. The normalized spacial score (nSPS) is 21.9. The molecule has 0 radical (unpaired) electrons. The SMILES string of the molecule is CCCc1cc(C(=O)NC2CCCCC2C)cc(NC)n1. The number of aryl methyl sites for hydroxylation is 1. The standard InChI is InChI=1S/C17H27N3O/c1-4-7-14-10-13(11-16(18-3)19-14)17(21)20-15-9-6-5-8-12(15)2/h10-12,15H,4-9H2,1-3H3,(H,18,19)(H,20,21). The van der Waals surface area contributed by atoms with Gasteiger partial charge in [0.1, 0.15) is 5.82 Å². The summed E-state index contributed by atoms with van der Waals surface area (Å²) in [4.78, 5) is 17.0. The summed E-state index contributed by atoms with van der Waals surface area (Å²) in [6.45, 7) is 4.36. The first-order valence-electron chi connectivity index (χ1n) is 8.13. The Labute approximate surface area is 127 Å². The highest BCUT2D eigenvalue weighted by atomic mass is 16.1. The fourth-order valence-electron chi connectivity index (χ4n) is 3.01. The number of nitrogens with zero attached hydrogens (tertiary/aromatic N) is 1. The number of pyridine rings is 1. The molecule has 0 saturated heterocycles. The number of carbonyl (C=O) groups is 1. The van der Waals surface area contributed by atoms with Crippen LogP contribution in [-0.4, -0.2) is 24.0 Å². The molecule has 0 aromatic carbocycles.